The van der Waals surface area contributed by atoms with Gasteiger partial charge in [0.1, 0.15) is 6.61 Å². The lowest BCUT2D eigenvalue weighted by Gasteiger charge is -2.08. The molecule has 0 rings (SSSR count). The smallest absolute Gasteiger partial charge is 0.302 e. The summed E-state index contributed by atoms with van der Waals surface area (Å²) in [6.45, 7) is 9.84. The molecule has 10 heteroatoms. The summed E-state index contributed by atoms with van der Waals surface area (Å²) in [6.07, 6.45) is 0. The van der Waals surface area contributed by atoms with E-state index >= 15 is 0 Å². The van der Waals surface area contributed by atoms with Gasteiger partial charge >= 0.3 is 5.97 Å². The van der Waals surface area contributed by atoms with Gasteiger partial charge in [0.2, 0.25) is 0 Å². The van der Waals surface area contributed by atoms with Crippen molar-refractivity contribution in [1.82, 2.24) is 5.32 Å². The predicted molar refractivity (Wildman–Crippen MR) is 106 cm³/mol. The minimum atomic E-state index is -0.304. The zero-order valence-electron chi connectivity index (χ0n) is 18.0. The molecule has 0 saturated carbocycles. The molecule has 174 valence electrons. The van der Waals surface area contributed by atoms with Crippen LogP contribution in [0.5, 0.6) is 0 Å². The van der Waals surface area contributed by atoms with Crippen LogP contribution >= 0.6 is 0 Å². The Hall–Kier alpha value is -0.850. The zero-order valence-corrected chi connectivity index (χ0v) is 18.0. The van der Waals surface area contributed by atoms with Gasteiger partial charge in [0.15, 0.2) is 0 Å². The van der Waals surface area contributed by atoms with Crippen LogP contribution in [0.15, 0.2) is 0 Å². The third kappa shape index (κ3) is 27.1. The molecular formula is C19H39NO9. The molecule has 0 aromatic rings. The van der Waals surface area contributed by atoms with Crippen LogP contribution in [0.2, 0.25) is 0 Å². The van der Waals surface area contributed by atoms with Crippen molar-refractivity contribution in [2.45, 2.75) is 6.92 Å². The van der Waals surface area contributed by atoms with Crippen LogP contribution in [0.25, 0.3) is 0 Å². The number of hydrogen-bond acceptors (Lipinski definition) is 10. The fourth-order valence-corrected chi connectivity index (χ4v) is 1.84. The highest BCUT2D eigenvalue weighted by Gasteiger charge is 1.95. The number of rotatable bonds is 24. The Morgan fingerprint density at radius 1 is 0.517 bits per heavy atom. The highest BCUT2D eigenvalue weighted by Crippen LogP contribution is 1.85. The average molecular weight is 426 g/mol. The van der Waals surface area contributed by atoms with Gasteiger partial charge in [-0.05, 0) is 7.05 Å². The maximum Gasteiger partial charge on any atom is 0.302 e. The van der Waals surface area contributed by atoms with Crippen LogP contribution in [0.1, 0.15) is 6.92 Å². The first-order valence-electron chi connectivity index (χ1n) is 10.1. The number of carbonyl (C=O) groups is 1. The van der Waals surface area contributed by atoms with Crippen LogP contribution in [-0.2, 0) is 42.7 Å². The second-order valence-corrected chi connectivity index (χ2v) is 5.73. The first-order valence-corrected chi connectivity index (χ1v) is 10.1. The maximum absolute atomic E-state index is 10.5. The van der Waals surface area contributed by atoms with Crippen LogP contribution in [0.3, 0.4) is 0 Å². The number of ether oxygens (including phenoxy) is 8. The molecule has 0 aliphatic heterocycles. The highest BCUT2D eigenvalue weighted by molar-refractivity contribution is 5.65. The second kappa shape index (κ2) is 25.2. The SMILES string of the molecule is CNCCOCCOCCOCCOCCOCCOCCOCCOC(C)=O. The molecule has 0 aromatic carbocycles. The minimum absolute atomic E-state index is 0.268. The quantitative estimate of drug-likeness (QED) is 0.166. The number of nitrogens with one attached hydrogen (secondary N) is 1. The molecule has 0 radical (unpaired) electrons. The Morgan fingerprint density at radius 2 is 0.793 bits per heavy atom. The van der Waals surface area contributed by atoms with Crippen molar-refractivity contribution in [2.24, 2.45) is 0 Å². The summed E-state index contributed by atoms with van der Waals surface area (Å²) < 4.78 is 42.2. The Morgan fingerprint density at radius 3 is 1.07 bits per heavy atom. The Bertz CT molecular complexity index is 335. The average Bonchev–Trinajstić information content (AvgIpc) is 2.71. The van der Waals surface area contributed by atoms with Crippen molar-refractivity contribution in [3.05, 3.63) is 0 Å². The van der Waals surface area contributed by atoms with E-state index in [4.69, 9.17) is 37.9 Å². The van der Waals surface area contributed by atoms with Gasteiger partial charge in [0, 0.05) is 13.5 Å². The molecule has 0 aliphatic rings. The van der Waals surface area contributed by atoms with Crippen LogP contribution in [-0.4, -0.2) is 119 Å². The van der Waals surface area contributed by atoms with Gasteiger partial charge in [-0.1, -0.05) is 0 Å². The molecule has 0 unspecified atom stereocenters. The molecule has 0 spiro atoms. The van der Waals surface area contributed by atoms with Gasteiger partial charge in [-0.15, -0.1) is 0 Å². The molecule has 0 heterocycles. The molecule has 0 atom stereocenters. The Labute approximate surface area is 174 Å². The van der Waals surface area contributed by atoms with Gasteiger partial charge in [0.25, 0.3) is 0 Å². The lowest BCUT2D eigenvalue weighted by atomic mass is 10.6. The fraction of sp³-hybridized carbons (Fsp3) is 0.947. The summed E-state index contributed by atoms with van der Waals surface area (Å²) in [6, 6.07) is 0. The van der Waals surface area contributed by atoms with Crippen molar-refractivity contribution in [1.29, 1.82) is 0 Å². The predicted octanol–water partition coefficient (Wildman–Crippen LogP) is -0.115. The van der Waals surface area contributed by atoms with E-state index in [0.717, 1.165) is 6.54 Å². The summed E-state index contributed by atoms with van der Waals surface area (Å²) >= 11 is 0. The van der Waals surface area contributed by atoms with E-state index in [1.807, 2.05) is 7.05 Å². The number of esters is 1. The van der Waals surface area contributed by atoms with Crippen molar-refractivity contribution in [3.8, 4) is 0 Å². The first-order chi connectivity index (χ1) is 14.3. The van der Waals surface area contributed by atoms with E-state index < -0.39 is 0 Å². The van der Waals surface area contributed by atoms with E-state index in [1.165, 1.54) is 6.92 Å². The largest absolute Gasteiger partial charge is 0.463 e. The summed E-state index contributed by atoms with van der Waals surface area (Å²) in [5.74, 6) is -0.304. The normalized spacial score (nSPS) is 11.1. The molecule has 29 heavy (non-hydrogen) atoms. The van der Waals surface area contributed by atoms with Gasteiger partial charge < -0.3 is 43.2 Å². The first kappa shape index (κ1) is 28.1. The third-order valence-electron chi connectivity index (χ3n) is 3.26. The molecule has 0 fully saturated rings. The molecule has 0 aliphatic carbocycles. The van der Waals surface area contributed by atoms with Gasteiger partial charge in [-0.2, -0.15) is 0 Å². The third-order valence-corrected chi connectivity index (χ3v) is 3.26. The minimum Gasteiger partial charge on any atom is -0.463 e. The van der Waals surface area contributed by atoms with E-state index in [9.17, 15) is 4.79 Å². The molecule has 0 saturated heterocycles. The van der Waals surface area contributed by atoms with Gasteiger partial charge in [0.05, 0.1) is 92.5 Å². The van der Waals surface area contributed by atoms with E-state index in [0.29, 0.717) is 92.5 Å². The van der Waals surface area contributed by atoms with E-state index in [-0.39, 0.29) is 12.6 Å². The van der Waals surface area contributed by atoms with Crippen molar-refractivity contribution < 1.29 is 42.7 Å². The standard InChI is InChI=1S/C19H39NO9/c1-19(21)29-18-17-28-16-15-27-14-13-26-12-11-25-10-9-24-8-7-23-6-5-22-4-3-20-2/h20H,3-18H2,1-2H3. The summed E-state index contributed by atoms with van der Waals surface area (Å²) in [7, 11) is 1.89. The molecule has 0 amide bonds. The Balaban J connectivity index is 2.99. The fourth-order valence-electron chi connectivity index (χ4n) is 1.84. The number of carbonyl (C=O) groups excluding carboxylic acids is 1. The van der Waals surface area contributed by atoms with Crippen LogP contribution in [0.4, 0.5) is 0 Å². The maximum atomic E-state index is 10.5. The molecule has 10 nitrogen and oxygen atoms in total. The zero-order chi connectivity index (χ0) is 21.3. The van der Waals surface area contributed by atoms with Crippen molar-refractivity contribution >= 4 is 5.97 Å². The monoisotopic (exact) mass is 425 g/mol. The molecule has 0 aromatic heterocycles. The number of hydrogen-bond donors (Lipinski definition) is 1. The Kier molecular flexibility index (Phi) is 24.4. The lowest BCUT2D eigenvalue weighted by molar-refractivity contribution is -0.142. The van der Waals surface area contributed by atoms with Crippen LogP contribution in [0, 0.1) is 0 Å². The van der Waals surface area contributed by atoms with Crippen molar-refractivity contribution in [2.75, 3.05) is 113 Å². The summed E-state index contributed by atoms with van der Waals surface area (Å²) in [5, 5.41) is 3.01. The molecule has 0 bridgehead atoms. The summed E-state index contributed by atoms with van der Waals surface area (Å²) in [4.78, 5) is 10.5. The number of likely N-dealkylation sites (N-methyl/N-ethyl adjacent to an activating group) is 1. The van der Waals surface area contributed by atoms with E-state index in [1.54, 1.807) is 0 Å². The van der Waals surface area contributed by atoms with Crippen LogP contribution < -0.4 is 5.32 Å². The van der Waals surface area contributed by atoms with Gasteiger partial charge in [-0.25, -0.2) is 0 Å². The molecule has 1 N–H and O–H groups in total. The lowest BCUT2D eigenvalue weighted by Crippen LogP contribution is -2.17. The summed E-state index contributed by atoms with van der Waals surface area (Å²) in [5.41, 5.74) is 0. The molecular weight excluding hydrogens is 386 g/mol. The van der Waals surface area contributed by atoms with Crippen molar-refractivity contribution in [3.63, 3.8) is 0 Å². The highest BCUT2D eigenvalue weighted by atomic mass is 16.6. The van der Waals surface area contributed by atoms with Gasteiger partial charge in [-0.3, -0.25) is 4.79 Å². The second-order valence-electron chi connectivity index (χ2n) is 5.73. The van der Waals surface area contributed by atoms with E-state index in [2.05, 4.69) is 5.32 Å². The topological polar surface area (TPSA) is 103 Å².